The van der Waals surface area contributed by atoms with Crippen molar-refractivity contribution >= 4 is 17.5 Å². The molecule has 2 aromatic carbocycles. The van der Waals surface area contributed by atoms with Gasteiger partial charge in [0.1, 0.15) is 12.4 Å². The van der Waals surface area contributed by atoms with Crippen molar-refractivity contribution in [2.75, 3.05) is 57.9 Å². The van der Waals surface area contributed by atoms with Crippen molar-refractivity contribution in [3.8, 4) is 5.75 Å². The van der Waals surface area contributed by atoms with Crippen LogP contribution in [0.4, 0.5) is 5.69 Å². The summed E-state index contributed by atoms with van der Waals surface area (Å²) in [6.07, 6.45) is 0. The van der Waals surface area contributed by atoms with Gasteiger partial charge in [-0.1, -0.05) is 30.3 Å². The molecule has 0 unspecified atom stereocenters. The number of piperazine rings is 1. The van der Waals surface area contributed by atoms with Gasteiger partial charge in [0.15, 0.2) is 0 Å². The van der Waals surface area contributed by atoms with Gasteiger partial charge in [-0.25, -0.2) is 0 Å². The van der Waals surface area contributed by atoms with Gasteiger partial charge in [-0.15, -0.1) is 0 Å². The molecule has 2 aromatic rings. The first-order chi connectivity index (χ1) is 15.5. The maximum Gasteiger partial charge on any atom is 0.257 e. The predicted octanol–water partition coefficient (Wildman–Crippen LogP) is 3.12. The number of nitrogens with one attached hydrogen (secondary N) is 1. The molecular formula is C25H33N3O4. The van der Waals surface area contributed by atoms with Crippen molar-refractivity contribution in [3.05, 3.63) is 59.2 Å². The van der Waals surface area contributed by atoms with Gasteiger partial charge in [0, 0.05) is 38.5 Å². The molecule has 1 aliphatic rings. The number of benzene rings is 2. The minimum atomic E-state index is -0.0448. The standard InChI is InChI=1S/C25H33N3O4/c1-4-31-16-17-32-22-11-6-5-10-21(22)25(30)28-14-12-27(13-15-28)18-23(29)26-24-19(2)8-7-9-20(24)3/h5-11H,4,12-18H2,1-3H3,(H,26,29). The third kappa shape index (κ3) is 6.31. The third-order valence-corrected chi connectivity index (χ3v) is 5.58. The number of hydrogen-bond acceptors (Lipinski definition) is 5. The van der Waals surface area contributed by atoms with E-state index in [-0.39, 0.29) is 11.8 Å². The second kappa shape index (κ2) is 11.6. The van der Waals surface area contributed by atoms with Crippen LogP contribution < -0.4 is 10.1 Å². The zero-order valence-electron chi connectivity index (χ0n) is 19.2. The third-order valence-electron chi connectivity index (χ3n) is 5.58. The van der Waals surface area contributed by atoms with Crippen molar-refractivity contribution in [1.29, 1.82) is 0 Å². The zero-order chi connectivity index (χ0) is 22.9. The lowest BCUT2D eigenvalue weighted by Gasteiger charge is -2.34. The van der Waals surface area contributed by atoms with Crippen molar-refractivity contribution in [3.63, 3.8) is 0 Å². The summed E-state index contributed by atoms with van der Waals surface area (Å²) in [5, 5.41) is 3.03. The van der Waals surface area contributed by atoms with Gasteiger partial charge in [-0.3, -0.25) is 14.5 Å². The first kappa shape index (κ1) is 23.8. The Labute approximate surface area is 190 Å². The van der Waals surface area contributed by atoms with Crippen LogP contribution in [-0.4, -0.2) is 74.2 Å². The molecule has 0 atom stereocenters. The minimum absolute atomic E-state index is 0.0322. The van der Waals surface area contributed by atoms with Crippen LogP contribution >= 0.6 is 0 Å². The molecule has 0 saturated carbocycles. The monoisotopic (exact) mass is 439 g/mol. The highest BCUT2D eigenvalue weighted by molar-refractivity contribution is 5.97. The van der Waals surface area contributed by atoms with E-state index in [1.165, 1.54) is 0 Å². The van der Waals surface area contributed by atoms with Gasteiger partial charge in [0.2, 0.25) is 5.91 Å². The molecule has 7 heteroatoms. The van der Waals surface area contributed by atoms with Crippen LogP contribution in [0.2, 0.25) is 0 Å². The van der Waals surface area contributed by atoms with Crippen molar-refractivity contribution in [1.82, 2.24) is 9.80 Å². The molecule has 2 amide bonds. The summed E-state index contributed by atoms with van der Waals surface area (Å²) in [5.74, 6) is 0.500. The van der Waals surface area contributed by atoms with Crippen LogP contribution in [0.25, 0.3) is 0 Å². The van der Waals surface area contributed by atoms with Gasteiger partial charge in [-0.2, -0.15) is 0 Å². The van der Waals surface area contributed by atoms with E-state index < -0.39 is 0 Å². The van der Waals surface area contributed by atoms with Crippen LogP contribution in [-0.2, 0) is 9.53 Å². The van der Waals surface area contributed by atoms with E-state index in [2.05, 4.69) is 10.2 Å². The fourth-order valence-electron chi connectivity index (χ4n) is 3.80. The van der Waals surface area contributed by atoms with Crippen LogP contribution in [0.15, 0.2) is 42.5 Å². The predicted molar refractivity (Wildman–Crippen MR) is 125 cm³/mol. The van der Waals surface area contributed by atoms with E-state index in [4.69, 9.17) is 9.47 Å². The summed E-state index contributed by atoms with van der Waals surface area (Å²) in [6, 6.07) is 13.3. The van der Waals surface area contributed by atoms with Gasteiger partial charge < -0.3 is 19.7 Å². The Morgan fingerprint density at radius 2 is 1.62 bits per heavy atom. The molecule has 0 bridgehead atoms. The summed E-state index contributed by atoms with van der Waals surface area (Å²) in [6.45, 7) is 10.2. The zero-order valence-corrected chi connectivity index (χ0v) is 19.2. The number of hydrogen-bond donors (Lipinski definition) is 1. The topological polar surface area (TPSA) is 71.1 Å². The average molecular weight is 440 g/mol. The number of anilines is 1. The van der Waals surface area contributed by atoms with Gasteiger partial charge >= 0.3 is 0 Å². The Kier molecular flexibility index (Phi) is 8.64. The molecule has 0 aliphatic carbocycles. The highest BCUT2D eigenvalue weighted by Crippen LogP contribution is 2.21. The number of rotatable bonds is 9. The van der Waals surface area contributed by atoms with E-state index in [0.29, 0.717) is 63.9 Å². The number of carbonyl (C=O) groups excluding carboxylic acids is 2. The number of amides is 2. The molecule has 1 heterocycles. The number of para-hydroxylation sites is 2. The lowest BCUT2D eigenvalue weighted by atomic mass is 10.1. The van der Waals surface area contributed by atoms with E-state index in [9.17, 15) is 9.59 Å². The fraction of sp³-hybridized carbons (Fsp3) is 0.440. The number of carbonyl (C=O) groups is 2. The molecule has 32 heavy (non-hydrogen) atoms. The normalized spacial score (nSPS) is 14.3. The Balaban J connectivity index is 1.51. The summed E-state index contributed by atoms with van der Waals surface area (Å²) >= 11 is 0. The highest BCUT2D eigenvalue weighted by Gasteiger charge is 2.25. The van der Waals surface area contributed by atoms with Crippen LogP contribution in [0, 0.1) is 13.8 Å². The second-order valence-corrected chi connectivity index (χ2v) is 7.92. The summed E-state index contributed by atoms with van der Waals surface area (Å²) < 4.78 is 11.1. The van der Waals surface area contributed by atoms with Gasteiger partial charge in [0.05, 0.1) is 18.7 Å². The van der Waals surface area contributed by atoms with E-state index >= 15 is 0 Å². The Morgan fingerprint density at radius 3 is 2.31 bits per heavy atom. The van der Waals surface area contributed by atoms with E-state index in [0.717, 1.165) is 16.8 Å². The lowest BCUT2D eigenvalue weighted by molar-refractivity contribution is -0.117. The Bertz CT molecular complexity index is 903. The molecule has 172 valence electrons. The van der Waals surface area contributed by atoms with Crippen molar-refractivity contribution < 1.29 is 19.1 Å². The van der Waals surface area contributed by atoms with Crippen LogP contribution in [0.5, 0.6) is 5.75 Å². The van der Waals surface area contributed by atoms with Gasteiger partial charge in [-0.05, 0) is 44.0 Å². The Morgan fingerprint density at radius 1 is 0.938 bits per heavy atom. The lowest BCUT2D eigenvalue weighted by Crippen LogP contribution is -2.50. The molecule has 0 radical (unpaired) electrons. The van der Waals surface area contributed by atoms with Crippen molar-refractivity contribution in [2.45, 2.75) is 20.8 Å². The second-order valence-electron chi connectivity index (χ2n) is 7.92. The first-order valence-electron chi connectivity index (χ1n) is 11.2. The summed E-state index contributed by atoms with van der Waals surface area (Å²) in [7, 11) is 0. The maximum absolute atomic E-state index is 13.1. The molecule has 0 spiro atoms. The number of aryl methyl sites for hydroxylation is 2. The Hall–Kier alpha value is -2.90. The largest absolute Gasteiger partial charge is 0.490 e. The minimum Gasteiger partial charge on any atom is -0.490 e. The van der Waals surface area contributed by atoms with E-state index in [1.54, 1.807) is 6.07 Å². The SMILES string of the molecule is CCOCCOc1ccccc1C(=O)N1CCN(CC(=O)Nc2c(C)cccc2C)CC1. The molecule has 7 nitrogen and oxygen atoms in total. The molecule has 1 saturated heterocycles. The molecule has 3 rings (SSSR count). The van der Waals surface area contributed by atoms with Crippen LogP contribution in [0.3, 0.4) is 0 Å². The summed E-state index contributed by atoms with van der Waals surface area (Å²) in [5.41, 5.74) is 3.55. The average Bonchev–Trinajstić information content (AvgIpc) is 2.80. The molecule has 0 aromatic heterocycles. The first-order valence-corrected chi connectivity index (χ1v) is 11.2. The quantitative estimate of drug-likeness (QED) is 0.608. The summed E-state index contributed by atoms with van der Waals surface area (Å²) in [4.78, 5) is 29.5. The van der Waals surface area contributed by atoms with E-state index in [1.807, 2.05) is 62.1 Å². The molecule has 1 N–H and O–H groups in total. The highest BCUT2D eigenvalue weighted by atomic mass is 16.5. The smallest absolute Gasteiger partial charge is 0.257 e. The van der Waals surface area contributed by atoms with Crippen LogP contribution in [0.1, 0.15) is 28.4 Å². The molecule has 1 aliphatic heterocycles. The molecule has 1 fully saturated rings. The fourth-order valence-corrected chi connectivity index (χ4v) is 3.80. The number of nitrogens with zero attached hydrogens (tertiary/aromatic N) is 2. The molecular weight excluding hydrogens is 406 g/mol. The number of ether oxygens (including phenoxy) is 2. The van der Waals surface area contributed by atoms with Gasteiger partial charge in [0.25, 0.3) is 5.91 Å². The maximum atomic E-state index is 13.1. The van der Waals surface area contributed by atoms with Crippen molar-refractivity contribution in [2.24, 2.45) is 0 Å².